The zero-order valence-electron chi connectivity index (χ0n) is 26.5. The topological polar surface area (TPSA) is 25.8 Å². The Hall–Kier alpha value is -6.16. The molecule has 0 aliphatic heterocycles. The highest BCUT2D eigenvalue weighted by molar-refractivity contribution is 7.25. The van der Waals surface area contributed by atoms with Crippen molar-refractivity contribution in [1.82, 2.24) is 9.97 Å². The second-order valence-corrected chi connectivity index (χ2v) is 13.6. The van der Waals surface area contributed by atoms with Crippen LogP contribution in [0.4, 0.5) is 0 Å². The van der Waals surface area contributed by atoms with E-state index in [2.05, 4.69) is 164 Å². The van der Waals surface area contributed by atoms with Crippen LogP contribution in [0.3, 0.4) is 0 Å². The van der Waals surface area contributed by atoms with E-state index in [4.69, 9.17) is 9.97 Å². The average Bonchev–Trinajstić information content (AvgIpc) is 3.55. The summed E-state index contributed by atoms with van der Waals surface area (Å²) in [6.07, 6.45) is 0. The molecule has 2 heterocycles. The molecule has 0 saturated carbocycles. The van der Waals surface area contributed by atoms with Gasteiger partial charge in [-0.05, 0) is 73.8 Å². The Morgan fingerprint density at radius 3 is 1.90 bits per heavy atom. The molecule has 0 spiro atoms. The van der Waals surface area contributed by atoms with Gasteiger partial charge in [0.25, 0.3) is 0 Å². The largest absolute Gasteiger partial charge is 0.228 e. The van der Waals surface area contributed by atoms with E-state index < -0.39 is 0 Å². The van der Waals surface area contributed by atoms with E-state index in [1.807, 2.05) is 17.4 Å². The van der Waals surface area contributed by atoms with Gasteiger partial charge < -0.3 is 0 Å². The molecule has 2 aromatic heterocycles. The molecular weight excluding hydrogens is 613 g/mol. The third-order valence-corrected chi connectivity index (χ3v) is 10.8. The van der Waals surface area contributed by atoms with Gasteiger partial charge in [0.2, 0.25) is 0 Å². The highest BCUT2D eigenvalue weighted by Crippen LogP contribution is 2.43. The molecule has 0 saturated heterocycles. The molecule has 228 valence electrons. The van der Waals surface area contributed by atoms with Crippen LogP contribution in [0.1, 0.15) is 0 Å². The minimum Gasteiger partial charge on any atom is -0.228 e. The Morgan fingerprint density at radius 2 is 1.02 bits per heavy atom. The van der Waals surface area contributed by atoms with Crippen LogP contribution in [-0.2, 0) is 0 Å². The number of thiophene rings is 1. The van der Waals surface area contributed by atoms with Crippen LogP contribution in [0.2, 0.25) is 0 Å². The number of fused-ring (bicyclic) bond motifs is 7. The smallest absolute Gasteiger partial charge is 0.160 e. The third-order valence-electron chi connectivity index (χ3n) is 9.67. The van der Waals surface area contributed by atoms with Crippen molar-refractivity contribution in [3.8, 4) is 45.0 Å². The van der Waals surface area contributed by atoms with Gasteiger partial charge in [0.15, 0.2) is 5.82 Å². The Labute approximate surface area is 287 Å². The summed E-state index contributed by atoms with van der Waals surface area (Å²) in [5, 5.41) is 9.98. The molecule has 8 aromatic carbocycles. The molecule has 0 aliphatic carbocycles. The summed E-state index contributed by atoms with van der Waals surface area (Å²) in [6.45, 7) is 0. The molecule has 0 fully saturated rings. The molecule has 0 bridgehead atoms. The molecule has 2 nitrogen and oxygen atoms in total. The number of hydrogen-bond donors (Lipinski definition) is 0. The standard InChI is InChI=1S/C46H28N2S/c1-2-13-30(14-3-1)46-47-41(32-23-25-44-40(27-32)36-19-10-11-21-43(36)49-44)28-42(48-46)35-18-8-9-20-37(35)45-34-17-7-5-15-31(34)26-39-33-16-6-4-12-29(33)22-24-38(39)45/h1-28H. The van der Waals surface area contributed by atoms with Crippen molar-refractivity contribution in [3.63, 3.8) is 0 Å². The van der Waals surface area contributed by atoms with Gasteiger partial charge in [-0.2, -0.15) is 0 Å². The van der Waals surface area contributed by atoms with E-state index in [-0.39, 0.29) is 0 Å². The van der Waals surface area contributed by atoms with Gasteiger partial charge in [-0.25, -0.2) is 9.97 Å². The predicted octanol–water partition coefficient (Wildman–Crippen LogP) is 13.0. The van der Waals surface area contributed by atoms with Crippen LogP contribution in [0, 0.1) is 0 Å². The summed E-state index contributed by atoms with van der Waals surface area (Å²) in [7, 11) is 0. The van der Waals surface area contributed by atoms with Crippen LogP contribution < -0.4 is 0 Å². The fraction of sp³-hybridized carbons (Fsp3) is 0. The predicted molar refractivity (Wildman–Crippen MR) is 209 cm³/mol. The van der Waals surface area contributed by atoms with Crippen molar-refractivity contribution in [2.45, 2.75) is 0 Å². The number of benzene rings is 8. The average molecular weight is 641 g/mol. The summed E-state index contributed by atoms with van der Waals surface area (Å²) in [6, 6.07) is 60.9. The zero-order valence-corrected chi connectivity index (χ0v) is 27.3. The second-order valence-electron chi connectivity index (χ2n) is 12.5. The molecule has 0 amide bonds. The highest BCUT2D eigenvalue weighted by atomic mass is 32.1. The molecule has 0 aliphatic rings. The first-order chi connectivity index (χ1) is 24.3. The van der Waals surface area contributed by atoms with Crippen LogP contribution >= 0.6 is 11.3 Å². The van der Waals surface area contributed by atoms with E-state index >= 15 is 0 Å². The van der Waals surface area contributed by atoms with Crippen molar-refractivity contribution >= 4 is 63.8 Å². The van der Waals surface area contributed by atoms with Crippen molar-refractivity contribution in [2.24, 2.45) is 0 Å². The molecule has 10 aromatic rings. The maximum absolute atomic E-state index is 5.29. The fourth-order valence-corrected chi connectivity index (χ4v) is 8.46. The maximum atomic E-state index is 5.29. The SMILES string of the molecule is c1ccc(-c2nc(-c3ccc4sc5ccccc5c4c3)cc(-c3ccccc3-c3c4ccccc4cc4c3ccc3ccccc34)n2)cc1. The minimum atomic E-state index is 0.715. The lowest BCUT2D eigenvalue weighted by molar-refractivity contribution is 1.18. The third kappa shape index (κ3) is 4.62. The lowest BCUT2D eigenvalue weighted by Gasteiger charge is -2.17. The van der Waals surface area contributed by atoms with E-state index in [1.165, 1.54) is 58.1 Å². The van der Waals surface area contributed by atoms with Gasteiger partial charge in [0.1, 0.15) is 0 Å². The molecular formula is C46H28N2S. The van der Waals surface area contributed by atoms with Crippen molar-refractivity contribution in [3.05, 3.63) is 170 Å². The van der Waals surface area contributed by atoms with E-state index in [0.29, 0.717) is 5.82 Å². The Kier molecular flexibility index (Phi) is 6.39. The van der Waals surface area contributed by atoms with Gasteiger partial charge in [-0.3, -0.25) is 0 Å². The fourth-order valence-electron chi connectivity index (χ4n) is 7.37. The first kappa shape index (κ1) is 27.9. The molecule has 3 heteroatoms. The van der Waals surface area contributed by atoms with Crippen molar-refractivity contribution < 1.29 is 0 Å². The van der Waals surface area contributed by atoms with Crippen molar-refractivity contribution in [2.75, 3.05) is 0 Å². The van der Waals surface area contributed by atoms with Crippen LogP contribution in [0.15, 0.2) is 170 Å². The van der Waals surface area contributed by atoms with Gasteiger partial charge >= 0.3 is 0 Å². The Balaban J connectivity index is 1.25. The van der Waals surface area contributed by atoms with E-state index in [1.54, 1.807) is 0 Å². The summed E-state index contributed by atoms with van der Waals surface area (Å²) in [4.78, 5) is 10.5. The summed E-state index contributed by atoms with van der Waals surface area (Å²) >= 11 is 1.83. The van der Waals surface area contributed by atoms with Crippen LogP contribution in [0.5, 0.6) is 0 Å². The molecule has 0 N–H and O–H groups in total. The summed E-state index contributed by atoms with van der Waals surface area (Å²) < 4.78 is 2.58. The minimum absolute atomic E-state index is 0.715. The Bertz CT molecular complexity index is 2890. The molecule has 0 radical (unpaired) electrons. The number of hydrogen-bond acceptors (Lipinski definition) is 3. The first-order valence-corrected chi connectivity index (χ1v) is 17.4. The quantitative estimate of drug-likeness (QED) is 0.141. The summed E-state index contributed by atoms with van der Waals surface area (Å²) in [5.74, 6) is 0.715. The van der Waals surface area contributed by atoms with Gasteiger partial charge in [-0.1, -0.05) is 140 Å². The van der Waals surface area contributed by atoms with Gasteiger partial charge in [0, 0.05) is 36.9 Å². The Morgan fingerprint density at radius 1 is 0.347 bits per heavy atom. The molecule has 10 rings (SSSR count). The second kappa shape index (κ2) is 11.2. The van der Waals surface area contributed by atoms with Crippen LogP contribution in [-0.4, -0.2) is 9.97 Å². The number of aromatic nitrogens is 2. The lowest BCUT2D eigenvalue weighted by atomic mass is 9.87. The molecule has 0 unspecified atom stereocenters. The lowest BCUT2D eigenvalue weighted by Crippen LogP contribution is -1.97. The maximum Gasteiger partial charge on any atom is 0.160 e. The highest BCUT2D eigenvalue weighted by Gasteiger charge is 2.19. The zero-order chi connectivity index (χ0) is 32.3. The molecule has 0 atom stereocenters. The van der Waals surface area contributed by atoms with Gasteiger partial charge in [-0.15, -0.1) is 11.3 Å². The normalized spacial score (nSPS) is 11.7. The molecule has 49 heavy (non-hydrogen) atoms. The number of nitrogens with zero attached hydrogens (tertiary/aromatic N) is 2. The monoisotopic (exact) mass is 640 g/mol. The van der Waals surface area contributed by atoms with Crippen LogP contribution in [0.25, 0.3) is 97.5 Å². The van der Waals surface area contributed by atoms with Gasteiger partial charge in [0.05, 0.1) is 11.4 Å². The summed E-state index contributed by atoms with van der Waals surface area (Å²) in [5.41, 5.74) is 7.34. The van der Waals surface area contributed by atoms with Crippen molar-refractivity contribution in [1.29, 1.82) is 0 Å². The van der Waals surface area contributed by atoms with E-state index in [0.717, 1.165) is 33.6 Å². The first-order valence-electron chi connectivity index (χ1n) is 16.6. The number of rotatable bonds is 4. The van der Waals surface area contributed by atoms with E-state index in [9.17, 15) is 0 Å².